The Morgan fingerprint density at radius 1 is 1.05 bits per heavy atom. The van der Waals surface area contributed by atoms with Gasteiger partial charge in [0.25, 0.3) is 0 Å². The normalized spacial score (nSPS) is 11.4. The number of nitrogens with zero attached hydrogens (tertiary/aromatic N) is 1. The molecule has 6 heteroatoms. The maximum atomic E-state index is 12.0. The lowest BCUT2D eigenvalue weighted by molar-refractivity contribution is 0.584. The van der Waals surface area contributed by atoms with Crippen molar-refractivity contribution >= 4 is 27.3 Å². The van der Waals surface area contributed by atoms with Crippen molar-refractivity contribution in [3.8, 4) is 11.1 Å². The molecule has 4 nitrogen and oxygen atoms in total. The van der Waals surface area contributed by atoms with Crippen molar-refractivity contribution in [2.45, 2.75) is 4.90 Å². The number of alkyl halides is 1. The fourth-order valence-electron chi connectivity index (χ4n) is 2.18. The summed E-state index contributed by atoms with van der Waals surface area (Å²) in [7, 11) is 0.467. The third-order valence-electron chi connectivity index (χ3n) is 3.25. The summed E-state index contributed by atoms with van der Waals surface area (Å²) in [5.41, 5.74) is 3.11. The molecule has 118 valence electrons. The fraction of sp³-hybridized carbons (Fsp3) is 0.250. The lowest BCUT2D eigenvalue weighted by atomic mass is 10.0. The van der Waals surface area contributed by atoms with Crippen LogP contribution < -0.4 is 9.62 Å². The van der Waals surface area contributed by atoms with E-state index in [0.717, 1.165) is 16.8 Å². The van der Waals surface area contributed by atoms with E-state index >= 15 is 0 Å². The Hall–Kier alpha value is -1.56. The number of rotatable bonds is 6. The lowest BCUT2D eigenvalue weighted by Gasteiger charge is -2.17. The van der Waals surface area contributed by atoms with Crippen LogP contribution in [-0.4, -0.2) is 34.9 Å². The smallest absolute Gasteiger partial charge is 0.240 e. The van der Waals surface area contributed by atoms with E-state index < -0.39 is 10.0 Å². The van der Waals surface area contributed by atoms with E-state index in [0.29, 0.717) is 0 Å². The summed E-state index contributed by atoms with van der Waals surface area (Å²) in [6.07, 6.45) is 0. The minimum atomic E-state index is -3.49. The van der Waals surface area contributed by atoms with Crippen LogP contribution in [0.15, 0.2) is 53.4 Å². The molecule has 0 aliphatic carbocycles. The predicted molar refractivity (Wildman–Crippen MR) is 92.1 cm³/mol. The standard InChI is InChI=1S/C16H19ClN2O2S/c1-19(2)16-6-4-3-5-15(16)13-7-9-14(10-8-13)22(20,21)18-12-11-17/h3-10,18H,11-12H2,1-2H3. The zero-order valence-corrected chi connectivity index (χ0v) is 14.2. The molecule has 2 aromatic rings. The van der Waals surface area contributed by atoms with Gasteiger partial charge >= 0.3 is 0 Å². The zero-order chi connectivity index (χ0) is 16.2. The average molecular weight is 339 g/mol. The first-order valence-electron chi connectivity index (χ1n) is 6.88. The van der Waals surface area contributed by atoms with Crippen molar-refractivity contribution < 1.29 is 8.42 Å². The minimum Gasteiger partial charge on any atom is -0.377 e. The van der Waals surface area contributed by atoms with E-state index in [-0.39, 0.29) is 17.3 Å². The predicted octanol–water partition coefficient (Wildman–Crippen LogP) is 2.94. The highest BCUT2D eigenvalue weighted by Crippen LogP contribution is 2.30. The molecule has 0 fully saturated rings. The summed E-state index contributed by atoms with van der Waals surface area (Å²) in [6, 6.07) is 14.8. The monoisotopic (exact) mass is 338 g/mol. The molecule has 1 N–H and O–H groups in total. The minimum absolute atomic E-state index is 0.217. The largest absolute Gasteiger partial charge is 0.377 e. The first-order chi connectivity index (χ1) is 10.5. The molecule has 0 aromatic heterocycles. The Morgan fingerprint density at radius 3 is 2.27 bits per heavy atom. The second kappa shape index (κ2) is 7.13. The number of para-hydroxylation sites is 1. The van der Waals surface area contributed by atoms with Gasteiger partial charge in [0.15, 0.2) is 0 Å². The highest BCUT2D eigenvalue weighted by molar-refractivity contribution is 7.89. The molecule has 0 saturated heterocycles. The van der Waals surface area contributed by atoms with E-state index in [2.05, 4.69) is 4.72 Å². The van der Waals surface area contributed by atoms with Crippen molar-refractivity contribution in [1.29, 1.82) is 0 Å². The van der Waals surface area contributed by atoms with E-state index in [9.17, 15) is 8.42 Å². The number of anilines is 1. The molecular weight excluding hydrogens is 320 g/mol. The van der Waals surface area contributed by atoms with Crippen LogP contribution in [0.2, 0.25) is 0 Å². The lowest BCUT2D eigenvalue weighted by Crippen LogP contribution is -2.25. The van der Waals surface area contributed by atoms with Crippen LogP contribution in [0.5, 0.6) is 0 Å². The first-order valence-corrected chi connectivity index (χ1v) is 8.90. The number of nitrogens with one attached hydrogen (secondary N) is 1. The van der Waals surface area contributed by atoms with Crippen molar-refractivity contribution in [2.75, 3.05) is 31.4 Å². The molecule has 0 bridgehead atoms. The van der Waals surface area contributed by atoms with Crippen LogP contribution >= 0.6 is 11.6 Å². The van der Waals surface area contributed by atoms with Gasteiger partial charge in [-0.05, 0) is 23.8 Å². The van der Waals surface area contributed by atoms with Gasteiger partial charge in [0.05, 0.1) is 4.90 Å². The van der Waals surface area contributed by atoms with Gasteiger partial charge < -0.3 is 4.90 Å². The van der Waals surface area contributed by atoms with Crippen LogP contribution in [0.25, 0.3) is 11.1 Å². The summed E-state index contributed by atoms with van der Waals surface area (Å²) < 4.78 is 26.5. The topological polar surface area (TPSA) is 49.4 Å². The van der Waals surface area contributed by atoms with Gasteiger partial charge in [-0.3, -0.25) is 0 Å². The Bertz CT molecular complexity index is 728. The molecule has 0 amide bonds. The summed E-state index contributed by atoms with van der Waals surface area (Å²) in [5, 5.41) is 0. The third kappa shape index (κ3) is 3.80. The van der Waals surface area contributed by atoms with E-state index in [4.69, 9.17) is 11.6 Å². The molecule has 2 aromatic carbocycles. The van der Waals surface area contributed by atoms with Crippen LogP contribution in [0.3, 0.4) is 0 Å². The Morgan fingerprint density at radius 2 is 1.68 bits per heavy atom. The van der Waals surface area contributed by atoms with Crippen molar-refractivity contribution in [3.05, 3.63) is 48.5 Å². The van der Waals surface area contributed by atoms with Crippen LogP contribution in [0.4, 0.5) is 5.69 Å². The summed E-state index contributed by atoms with van der Waals surface area (Å²) in [5.74, 6) is 0.244. The maximum Gasteiger partial charge on any atom is 0.240 e. The SMILES string of the molecule is CN(C)c1ccccc1-c1ccc(S(=O)(=O)NCCCl)cc1. The second-order valence-corrected chi connectivity index (χ2v) is 7.17. The fourth-order valence-corrected chi connectivity index (χ4v) is 3.42. The first kappa shape index (κ1) is 16.8. The highest BCUT2D eigenvalue weighted by atomic mass is 35.5. The second-order valence-electron chi connectivity index (χ2n) is 5.02. The van der Waals surface area contributed by atoms with Crippen LogP contribution in [-0.2, 0) is 10.0 Å². The molecule has 22 heavy (non-hydrogen) atoms. The van der Waals surface area contributed by atoms with Gasteiger partial charge in [-0.25, -0.2) is 13.1 Å². The van der Waals surface area contributed by atoms with Gasteiger partial charge in [-0.15, -0.1) is 11.6 Å². The van der Waals surface area contributed by atoms with Crippen molar-refractivity contribution in [3.63, 3.8) is 0 Å². The van der Waals surface area contributed by atoms with E-state index in [1.54, 1.807) is 12.1 Å². The molecule has 0 aliphatic rings. The molecule has 0 atom stereocenters. The van der Waals surface area contributed by atoms with E-state index in [1.807, 2.05) is 55.4 Å². The van der Waals surface area contributed by atoms with Gasteiger partial charge in [-0.1, -0.05) is 30.3 Å². The van der Waals surface area contributed by atoms with Gasteiger partial charge in [-0.2, -0.15) is 0 Å². The molecule has 0 radical (unpaired) electrons. The number of hydrogen-bond donors (Lipinski definition) is 1. The molecule has 0 spiro atoms. The van der Waals surface area contributed by atoms with Crippen molar-refractivity contribution in [2.24, 2.45) is 0 Å². The number of sulfonamides is 1. The van der Waals surface area contributed by atoms with Gasteiger partial charge in [0, 0.05) is 37.8 Å². The number of benzene rings is 2. The Labute approximate surface area is 136 Å². The summed E-state index contributed by atoms with van der Waals surface area (Å²) in [6.45, 7) is 0.217. The molecular formula is C16H19ClN2O2S. The van der Waals surface area contributed by atoms with Crippen LogP contribution in [0.1, 0.15) is 0 Å². The molecule has 0 heterocycles. The Kier molecular flexibility index (Phi) is 5.45. The summed E-state index contributed by atoms with van der Waals surface area (Å²) in [4.78, 5) is 2.27. The zero-order valence-electron chi connectivity index (χ0n) is 12.6. The van der Waals surface area contributed by atoms with Crippen LogP contribution in [0, 0.1) is 0 Å². The van der Waals surface area contributed by atoms with E-state index in [1.165, 1.54) is 0 Å². The third-order valence-corrected chi connectivity index (χ3v) is 4.91. The number of halogens is 1. The molecule has 0 aliphatic heterocycles. The maximum absolute atomic E-state index is 12.0. The molecule has 0 unspecified atom stereocenters. The number of hydrogen-bond acceptors (Lipinski definition) is 3. The summed E-state index contributed by atoms with van der Waals surface area (Å²) >= 11 is 5.52. The Balaban J connectivity index is 2.34. The molecule has 0 saturated carbocycles. The average Bonchev–Trinajstić information content (AvgIpc) is 2.53. The quantitative estimate of drug-likeness (QED) is 0.824. The van der Waals surface area contributed by atoms with Crippen molar-refractivity contribution in [1.82, 2.24) is 4.72 Å². The highest BCUT2D eigenvalue weighted by Gasteiger charge is 2.13. The van der Waals surface area contributed by atoms with Gasteiger partial charge in [0.2, 0.25) is 10.0 Å². The van der Waals surface area contributed by atoms with Gasteiger partial charge in [0.1, 0.15) is 0 Å². The molecule has 2 rings (SSSR count).